The fourth-order valence-electron chi connectivity index (χ4n) is 2.14. The fraction of sp³-hybridized carbons (Fsp3) is 0.846. The number of nitrogens with one attached hydrogen (secondary N) is 1. The van der Waals surface area contributed by atoms with Gasteiger partial charge >= 0.3 is 12.0 Å². The third-order valence-corrected chi connectivity index (χ3v) is 4.28. The molecule has 0 spiro atoms. The van der Waals surface area contributed by atoms with Gasteiger partial charge in [-0.15, -0.1) is 0 Å². The van der Waals surface area contributed by atoms with Crippen molar-refractivity contribution in [2.75, 3.05) is 38.2 Å². The summed E-state index contributed by atoms with van der Waals surface area (Å²) in [5.74, 6) is 0.222. The second kappa shape index (κ2) is 8.36. The number of carbonyl (C=O) groups excluding carboxylic acids is 1. The average Bonchev–Trinajstić information content (AvgIpc) is 2.44. The van der Waals surface area contributed by atoms with Gasteiger partial charge in [0.15, 0.2) is 0 Å². The van der Waals surface area contributed by atoms with Crippen LogP contribution < -0.4 is 5.32 Å². The first kappa shape index (κ1) is 17.1. The maximum absolute atomic E-state index is 12.1. The molecule has 1 aliphatic rings. The number of amides is 2. The first-order chi connectivity index (χ1) is 9.45. The molecule has 0 aromatic heterocycles. The lowest BCUT2D eigenvalue weighted by molar-refractivity contribution is -0.143. The fourth-order valence-corrected chi connectivity index (χ4v) is 2.73. The van der Waals surface area contributed by atoms with Crippen LogP contribution in [0.25, 0.3) is 0 Å². The van der Waals surface area contributed by atoms with Crippen LogP contribution in [0, 0.1) is 0 Å². The van der Waals surface area contributed by atoms with Gasteiger partial charge in [-0.3, -0.25) is 9.69 Å². The summed E-state index contributed by atoms with van der Waals surface area (Å²) in [6, 6.07) is -0.354. The molecule has 1 saturated heterocycles. The molecule has 7 heteroatoms. The zero-order valence-corrected chi connectivity index (χ0v) is 13.3. The van der Waals surface area contributed by atoms with E-state index in [0.717, 1.165) is 12.2 Å². The van der Waals surface area contributed by atoms with Crippen molar-refractivity contribution in [1.29, 1.82) is 0 Å². The number of rotatable bonds is 6. The van der Waals surface area contributed by atoms with Crippen molar-refractivity contribution in [1.82, 2.24) is 15.1 Å². The molecule has 0 aliphatic carbocycles. The van der Waals surface area contributed by atoms with Crippen molar-refractivity contribution < 1.29 is 14.7 Å². The van der Waals surface area contributed by atoms with Gasteiger partial charge in [-0.05, 0) is 32.3 Å². The number of aliphatic carboxylic acids is 1. The Labute approximate surface area is 124 Å². The Bertz CT molecular complexity index is 333. The molecule has 0 radical (unpaired) electrons. The van der Waals surface area contributed by atoms with Crippen LogP contribution >= 0.6 is 11.8 Å². The molecular formula is C13H25N3O3S. The molecule has 116 valence electrons. The van der Waals surface area contributed by atoms with E-state index in [1.54, 1.807) is 23.6 Å². The monoisotopic (exact) mass is 303 g/mol. The van der Waals surface area contributed by atoms with Crippen molar-refractivity contribution in [2.24, 2.45) is 0 Å². The van der Waals surface area contributed by atoms with Gasteiger partial charge < -0.3 is 15.3 Å². The molecule has 0 saturated carbocycles. The van der Waals surface area contributed by atoms with Gasteiger partial charge in [0, 0.05) is 32.2 Å². The number of carboxylic acids is 1. The molecule has 0 aromatic rings. The molecule has 2 atom stereocenters. The molecule has 1 rings (SSSR count). The molecule has 2 unspecified atom stereocenters. The van der Waals surface area contributed by atoms with Gasteiger partial charge in [-0.25, -0.2) is 4.79 Å². The average molecular weight is 303 g/mol. The summed E-state index contributed by atoms with van der Waals surface area (Å²) in [6.45, 7) is 6.08. The smallest absolute Gasteiger partial charge is 0.320 e. The molecular weight excluding hydrogens is 278 g/mol. The Morgan fingerprint density at radius 2 is 1.85 bits per heavy atom. The first-order valence-corrected chi connectivity index (χ1v) is 8.36. The standard InChI is InChI=1S/C13H25N3O3S/c1-10(4-9-20-3)14-13(19)16-7-5-15(6-8-16)11(2)12(17)18/h10-11H,4-9H2,1-3H3,(H,14,19)(H,17,18). The van der Waals surface area contributed by atoms with E-state index in [4.69, 9.17) is 5.11 Å². The van der Waals surface area contributed by atoms with E-state index in [9.17, 15) is 9.59 Å². The maximum atomic E-state index is 12.1. The lowest BCUT2D eigenvalue weighted by Gasteiger charge is -2.37. The van der Waals surface area contributed by atoms with E-state index in [1.807, 2.05) is 11.8 Å². The summed E-state index contributed by atoms with van der Waals surface area (Å²) in [5, 5.41) is 12.0. The van der Waals surface area contributed by atoms with Gasteiger partial charge in [-0.1, -0.05) is 0 Å². The minimum absolute atomic E-state index is 0.0405. The number of carboxylic acid groups (broad SMARTS) is 1. The maximum Gasteiger partial charge on any atom is 0.320 e. The van der Waals surface area contributed by atoms with Gasteiger partial charge in [-0.2, -0.15) is 11.8 Å². The zero-order chi connectivity index (χ0) is 15.1. The SMILES string of the molecule is CSCCC(C)NC(=O)N1CCN(C(C)C(=O)O)CC1. The summed E-state index contributed by atoms with van der Waals surface area (Å²) in [7, 11) is 0. The van der Waals surface area contributed by atoms with Crippen LogP contribution in [0.5, 0.6) is 0 Å². The highest BCUT2D eigenvalue weighted by atomic mass is 32.2. The number of hydrogen-bond donors (Lipinski definition) is 2. The van der Waals surface area contributed by atoms with Crippen LogP contribution in [0.2, 0.25) is 0 Å². The molecule has 1 heterocycles. The molecule has 0 aromatic carbocycles. The van der Waals surface area contributed by atoms with Crippen molar-refractivity contribution in [2.45, 2.75) is 32.4 Å². The Morgan fingerprint density at radius 3 is 2.35 bits per heavy atom. The first-order valence-electron chi connectivity index (χ1n) is 6.97. The number of urea groups is 1. The number of piperazine rings is 1. The molecule has 0 bridgehead atoms. The highest BCUT2D eigenvalue weighted by Gasteiger charge is 2.27. The molecule has 6 nitrogen and oxygen atoms in total. The Balaban J connectivity index is 2.33. The second-order valence-corrected chi connectivity index (χ2v) is 6.15. The summed E-state index contributed by atoms with van der Waals surface area (Å²) >= 11 is 1.77. The quantitative estimate of drug-likeness (QED) is 0.763. The van der Waals surface area contributed by atoms with Crippen LogP contribution in [0.3, 0.4) is 0 Å². The molecule has 2 amide bonds. The van der Waals surface area contributed by atoms with E-state index in [-0.39, 0.29) is 12.1 Å². The van der Waals surface area contributed by atoms with E-state index in [0.29, 0.717) is 26.2 Å². The number of hydrogen-bond acceptors (Lipinski definition) is 4. The van der Waals surface area contributed by atoms with Crippen LogP contribution in [0.4, 0.5) is 4.79 Å². The summed E-state index contributed by atoms with van der Waals surface area (Å²) in [5.41, 5.74) is 0. The summed E-state index contributed by atoms with van der Waals surface area (Å²) < 4.78 is 0. The second-order valence-electron chi connectivity index (χ2n) is 5.17. The van der Waals surface area contributed by atoms with Crippen LogP contribution in [0.15, 0.2) is 0 Å². The van der Waals surface area contributed by atoms with Gasteiger partial charge in [0.05, 0.1) is 0 Å². The normalized spacial score (nSPS) is 19.4. The predicted octanol–water partition coefficient (Wildman–Crippen LogP) is 0.928. The van der Waals surface area contributed by atoms with Gasteiger partial charge in [0.25, 0.3) is 0 Å². The third-order valence-electron chi connectivity index (χ3n) is 3.63. The Morgan fingerprint density at radius 1 is 1.25 bits per heavy atom. The van der Waals surface area contributed by atoms with Crippen molar-refractivity contribution in [3.63, 3.8) is 0 Å². The molecule has 1 aliphatic heterocycles. The largest absolute Gasteiger partial charge is 0.480 e. The van der Waals surface area contributed by atoms with E-state index in [2.05, 4.69) is 11.6 Å². The van der Waals surface area contributed by atoms with Crippen molar-refractivity contribution >= 4 is 23.8 Å². The topological polar surface area (TPSA) is 72.9 Å². The minimum Gasteiger partial charge on any atom is -0.480 e. The van der Waals surface area contributed by atoms with Crippen LogP contribution in [0.1, 0.15) is 20.3 Å². The Kier molecular flexibility index (Phi) is 7.15. The summed E-state index contributed by atoms with van der Waals surface area (Å²) in [4.78, 5) is 26.6. The molecule has 20 heavy (non-hydrogen) atoms. The Hall–Kier alpha value is -0.950. The van der Waals surface area contributed by atoms with E-state index >= 15 is 0 Å². The highest BCUT2D eigenvalue weighted by Crippen LogP contribution is 2.07. The van der Waals surface area contributed by atoms with Gasteiger partial charge in [0.2, 0.25) is 0 Å². The number of thioether (sulfide) groups is 1. The lowest BCUT2D eigenvalue weighted by atomic mass is 10.2. The van der Waals surface area contributed by atoms with Crippen LogP contribution in [-0.4, -0.2) is 77.2 Å². The lowest BCUT2D eigenvalue weighted by Crippen LogP contribution is -2.55. The van der Waals surface area contributed by atoms with Crippen molar-refractivity contribution in [3.05, 3.63) is 0 Å². The minimum atomic E-state index is -0.811. The highest BCUT2D eigenvalue weighted by molar-refractivity contribution is 7.98. The zero-order valence-electron chi connectivity index (χ0n) is 12.5. The van der Waals surface area contributed by atoms with Crippen LogP contribution in [-0.2, 0) is 4.79 Å². The summed E-state index contributed by atoms with van der Waals surface area (Å²) in [6.07, 6.45) is 3.01. The predicted molar refractivity (Wildman–Crippen MR) is 81.2 cm³/mol. The molecule has 2 N–H and O–H groups in total. The third kappa shape index (κ3) is 5.20. The van der Waals surface area contributed by atoms with E-state index in [1.165, 1.54) is 0 Å². The van der Waals surface area contributed by atoms with E-state index < -0.39 is 12.0 Å². The van der Waals surface area contributed by atoms with Gasteiger partial charge in [0.1, 0.15) is 6.04 Å². The number of nitrogens with zero attached hydrogens (tertiary/aromatic N) is 2. The number of carbonyl (C=O) groups is 2. The van der Waals surface area contributed by atoms with Crippen molar-refractivity contribution in [3.8, 4) is 0 Å². The molecule has 1 fully saturated rings.